The van der Waals surface area contributed by atoms with Gasteiger partial charge in [0.15, 0.2) is 0 Å². The molecule has 0 aromatic heterocycles. The molecule has 0 saturated carbocycles. The van der Waals surface area contributed by atoms with Crippen molar-refractivity contribution in [2.45, 2.75) is 22.9 Å². The lowest BCUT2D eigenvalue weighted by Crippen LogP contribution is -2.11. The molecular formula is C18H23FN2O2S. The minimum absolute atomic E-state index is 0.0262. The lowest BCUT2D eigenvalue weighted by Gasteiger charge is -2.16. The number of ether oxygens (including phenoxy) is 1. The third-order valence-corrected chi connectivity index (χ3v) is 4.55. The molecule has 6 heteroatoms. The van der Waals surface area contributed by atoms with Crippen LogP contribution in [0.25, 0.3) is 0 Å². The number of hydrogen-bond acceptors (Lipinski definition) is 5. The predicted octanol–water partition coefficient (Wildman–Crippen LogP) is 3.32. The Kier molecular flexibility index (Phi) is 6.90. The van der Waals surface area contributed by atoms with Crippen molar-refractivity contribution in [3.8, 4) is 5.75 Å². The Bertz CT molecular complexity index is 680. The second-order valence-corrected chi connectivity index (χ2v) is 6.76. The fourth-order valence-electron chi connectivity index (χ4n) is 2.27. The molecular weight excluding hydrogens is 326 g/mol. The molecule has 4 nitrogen and oxygen atoms in total. The van der Waals surface area contributed by atoms with Gasteiger partial charge in [-0.25, -0.2) is 4.39 Å². The predicted molar refractivity (Wildman–Crippen MR) is 96.2 cm³/mol. The number of nitrogen functional groups attached to an aromatic ring is 1. The number of anilines is 1. The average molecular weight is 349 g/mol. The van der Waals surface area contributed by atoms with Crippen LogP contribution in [0.1, 0.15) is 11.1 Å². The van der Waals surface area contributed by atoms with Crippen LogP contribution in [0.15, 0.2) is 46.2 Å². The van der Waals surface area contributed by atoms with E-state index in [2.05, 4.69) is 4.90 Å². The van der Waals surface area contributed by atoms with E-state index in [1.54, 1.807) is 17.8 Å². The van der Waals surface area contributed by atoms with Crippen LogP contribution < -0.4 is 10.5 Å². The number of alkyl halides is 1. The number of nitrogens with zero attached hydrogens (tertiary/aromatic N) is 1. The van der Waals surface area contributed by atoms with Crippen LogP contribution in [0.2, 0.25) is 0 Å². The van der Waals surface area contributed by atoms with E-state index in [1.807, 2.05) is 44.4 Å². The van der Waals surface area contributed by atoms with Gasteiger partial charge in [0.1, 0.15) is 19.0 Å². The SMILES string of the molecule is CN(C)Cc1cc(OCC[18F])ccc1Sc1ccc(CO)cc1N. The normalized spacial score (nSPS) is 11.0. The Morgan fingerprint density at radius 3 is 2.54 bits per heavy atom. The van der Waals surface area contributed by atoms with Gasteiger partial charge in [0.05, 0.1) is 6.61 Å². The summed E-state index contributed by atoms with van der Waals surface area (Å²) < 4.78 is 17.7. The highest BCUT2D eigenvalue weighted by Crippen LogP contribution is 2.36. The molecule has 24 heavy (non-hydrogen) atoms. The summed E-state index contributed by atoms with van der Waals surface area (Å²) in [5.41, 5.74) is 8.60. The fourth-order valence-corrected chi connectivity index (χ4v) is 3.21. The summed E-state index contributed by atoms with van der Waals surface area (Å²) in [5.74, 6) is 0.664. The number of hydrogen-bond donors (Lipinski definition) is 2. The van der Waals surface area contributed by atoms with Crippen LogP contribution in [0.5, 0.6) is 5.75 Å². The van der Waals surface area contributed by atoms with Crippen molar-refractivity contribution < 1.29 is 14.2 Å². The lowest BCUT2D eigenvalue weighted by atomic mass is 10.2. The molecule has 0 amide bonds. The number of halogens is 1. The van der Waals surface area contributed by atoms with Gasteiger partial charge in [0.25, 0.3) is 0 Å². The Labute approximate surface area is 146 Å². The van der Waals surface area contributed by atoms with Crippen molar-refractivity contribution in [2.75, 3.05) is 33.1 Å². The second-order valence-electron chi connectivity index (χ2n) is 5.68. The Morgan fingerprint density at radius 1 is 1.17 bits per heavy atom. The zero-order chi connectivity index (χ0) is 17.5. The number of rotatable bonds is 8. The summed E-state index contributed by atoms with van der Waals surface area (Å²) in [4.78, 5) is 4.07. The molecule has 2 aromatic rings. The molecule has 0 saturated heterocycles. The summed E-state index contributed by atoms with van der Waals surface area (Å²) in [6.45, 7) is 0.266. The van der Waals surface area contributed by atoms with Gasteiger partial charge in [-0.05, 0) is 55.6 Å². The van der Waals surface area contributed by atoms with Crippen LogP contribution in [0.3, 0.4) is 0 Å². The molecule has 0 aliphatic carbocycles. The van der Waals surface area contributed by atoms with E-state index >= 15 is 0 Å². The van der Waals surface area contributed by atoms with Gasteiger partial charge < -0.3 is 20.5 Å². The molecule has 0 spiro atoms. The average Bonchev–Trinajstić information content (AvgIpc) is 2.56. The van der Waals surface area contributed by atoms with E-state index in [0.29, 0.717) is 11.4 Å². The van der Waals surface area contributed by atoms with Gasteiger partial charge in [-0.15, -0.1) is 0 Å². The maximum absolute atomic E-state index is 12.3. The molecule has 0 aliphatic rings. The summed E-state index contributed by atoms with van der Waals surface area (Å²) in [6, 6.07) is 11.3. The van der Waals surface area contributed by atoms with Crippen molar-refractivity contribution in [2.24, 2.45) is 0 Å². The third-order valence-electron chi connectivity index (χ3n) is 3.34. The Hall–Kier alpha value is -1.76. The molecule has 0 fully saturated rings. The molecule has 0 aliphatic heterocycles. The van der Waals surface area contributed by atoms with Gasteiger partial charge in [-0.1, -0.05) is 17.8 Å². The first-order valence-electron chi connectivity index (χ1n) is 7.67. The van der Waals surface area contributed by atoms with E-state index in [4.69, 9.17) is 10.5 Å². The fraction of sp³-hybridized carbons (Fsp3) is 0.333. The van der Waals surface area contributed by atoms with Crippen LogP contribution in [0.4, 0.5) is 10.1 Å². The van der Waals surface area contributed by atoms with E-state index in [9.17, 15) is 9.50 Å². The topological polar surface area (TPSA) is 58.7 Å². The van der Waals surface area contributed by atoms with E-state index in [-0.39, 0.29) is 13.2 Å². The van der Waals surface area contributed by atoms with E-state index in [0.717, 1.165) is 27.5 Å². The number of nitrogens with two attached hydrogens (primary N) is 1. The Balaban J connectivity index is 2.27. The smallest absolute Gasteiger partial charge is 0.123 e. The first-order valence-corrected chi connectivity index (χ1v) is 8.48. The molecule has 3 N–H and O–H groups in total. The van der Waals surface area contributed by atoms with Crippen LogP contribution in [-0.2, 0) is 13.2 Å². The molecule has 2 rings (SSSR count). The summed E-state index contributed by atoms with van der Waals surface area (Å²) >= 11 is 1.57. The highest BCUT2D eigenvalue weighted by molar-refractivity contribution is 7.99. The van der Waals surface area contributed by atoms with Crippen molar-refractivity contribution in [3.05, 3.63) is 47.5 Å². The largest absolute Gasteiger partial charge is 0.491 e. The lowest BCUT2D eigenvalue weighted by molar-refractivity contribution is 0.272. The van der Waals surface area contributed by atoms with Crippen molar-refractivity contribution >= 4 is 17.4 Å². The third kappa shape index (κ3) is 5.12. The first-order chi connectivity index (χ1) is 11.5. The van der Waals surface area contributed by atoms with Gasteiger partial charge in [-0.2, -0.15) is 0 Å². The monoisotopic (exact) mass is 349 g/mol. The molecule has 0 radical (unpaired) electrons. The summed E-state index contributed by atoms with van der Waals surface area (Å²) in [5, 5.41) is 9.18. The van der Waals surface area contributed by atoms with Gasteiger partial charge >= 0.3 is 0 Å². The van der Waals surface area contributed by atoms with Crippen molar-refractivity contribution in [3.63, 3.8) is 0 Å². The van der Waals surface area contributed by atoms with E-state index < -0.39 is 6.67 Å². The van der Waals surface area contributed by atoms with Gasteiger partial charge in [0, 0.05) is 22.0 Å². The molecule has 0 atom stereocenters. The number of aliphatic hydroxyl groups is 1. The number of benzene rings is 2. The highest BCUT2D eigenvalue weighted by atomic mass is 32.2. The molecule has 2 aromatic carbocycles. The first kappa shape index (κ1) is 18.6. The van der Waals surface area contributed by atoms with E-state index in [1.165, 1.54) is 0 Å². The van der Waals surface area contributed by atoms with Crippen LogP contribution in [-0.4, -0.2) is 37.4 Å². The highest BCUT2D eigenvalue weighted by Gasteiger charge is 2.10. The minimum atomic E-state index is -0.507. The minimum Gasteiger partial charge on any atom is -0.491 e. The van der Waals surface area contributed by atoms with Crippen molar-refractivity contribution in [1.82, 2.24) is 4.90 Å². The van der Waals surface area contributed by atoms with Crippen LogP contribution in [0, 0.1) is 0 Å². The zero-order valence-electron chi connectivity index (χ0n) is 14.0. The van der Waals surface area contributed by atoms with Crippen LogP contribution >= 0.6 is 11.8 Å². The molecule has 0 bridgehead atoms. The zero-order valence-corrected chi connectivity index (χ0v) is 14.8. The Morgan fingerprint density at radius 2 is 1.92 bits per heavy atom. The van der Waals surface area contributed by atoms with Gasteiger partial charge in [0.2, 0.25) is 0 Å². The standard InChI is InChI=1S/C18H23FN2O2S/c1-21(2)11-14-10-15(23-8-7-19)4-6-17(14)24-18-5-3-13(12-22)9-16(18)20/h3-6,9-10,22H,7-8,11-12,20H2,1-2H3/i19-1. The maximum Gasteiger partial charge on any atom is 0.123 e. The molecule has 0 unspecified atom stereocenters. The quantitative estimate of drug-likeness (QED) is 0.716. The van der Waals surface area contributed by atoms with Crippen molar-refractivity contribution in [1.29, 1.82) is 0 Å². The second kappa shape index (κ2) is 8.92. The maximum atomic E-state index is 12.3. The van der Waals surface area contributed by atoms with Gasteiger partial charge in [-0.3, -0.25) is 0 Å². The molecule has 130 valence electrons. The molecule has 0 heterocycles. The summed E-state index contributed by atoms with van der Waals surface area (Å²) in [7, 11) is 3.99. The summed E-state index contributed by atoms with van der Waals surface area (Å²) in [6.07, 6.45) is 0. The number of aliphatic hydroxyl groups excluding tert-OH is 1.